The third-order valence-electron chi connectivity index (χ3n) is 0.528. The van der Waals surface area contributed by atoms with Crippen molar-refractivity contribution in [2.24, 2.45) is 5.73 Å². The van der Waals surface area contributed by atoms with Crippen LogP contribution < -0.4 is 5.73 Å². The Bertz CT molecular complexity index is 81.4. The lowest BCUT2D eigenvalue weighted by molar-refractivity contribution is -0.152. The van der Waals surface area contributed by atoms with Crippen molar-refractivity contribution in [2.75, 3.05) is 6.61 Å². The highest BCUT2D eigenvalue weighted by atomic mass is 16.5. The summed E-state index contributed by atoms with van der Waals surface area (Å²) in [6.07, 6.45) is -1.49. The van der Waals surface area contributed by atoms with Crippen LogP contribution in [0.2, 0.25) is 0 Å². The molecular formula is C4H9NO3. The maximum atomic E-state index is 10.1. The maximum absolute atomic E-state index is 10.1. The predicted octanol–water partition coefficient (Wildman–Crippen LogP) is -1.17. The molecule has 0 saturated heterocycles. The summed E-state index contributed by atoms with van der Waals surface area (Å²) < 4.78 is 4.29. The van der Waals surface area contributed by atoms with Gasteiger partial charge in [-0.25, -0.2) is 4.79 Å². The van der Waals surface area contributed by atoms with Gasteiger partial charge in [-0.05, 0) is 6.92 Å². The van der Waals surface area contributed by atoms with E-state index in [4.69, 9.17) is 10.8 Å². The van der Waals surface area contributed by atoms with E-state index in [1.54, 1.807) is 6.92 Å². The molecule has 0 aliphatic carbocycles. The molecule has 8 heavy (non-hydrogen) atoms. The lowest BCUT2D eigenvalue weighted by atomic mass is 10.6. The number of esters is 1. The highest BCUT2D eigenvalue weighted by molar-refractivity contribution is 5.73. The highest BCUT2D eigenvalue weighted by Crippen LogP contribution is 1.77. The Balaban J connectivity index is 3.33. The van der Waals surface area contributed by atoms with Gasteiger partial charge in [0.05, 0.1) is 6.61 Å². The Labute approximate surface area is 47.2 Å². The van der Waals surface area contributed by atoms with Gasteiger partial charge in [0, 0.05) is 0 Å². The maximum Gasteiger partial charge on any atom is 0.350 e. The summed E-state index contributed by atoms with van der Waals surface area (Å²) in [6.45, 7) is 1.88. The molecule has 0 saturated carbocycles. The molecular weight excluding hydrogens is 110 g/mol. The van der Waals surface area contributed by atoms with E-state index in [-0.39, 0.29) is 6.61 Å². The van der Waals surface area contributed by atoms with Gasteiger partial charge in [0.15, 0.2) is 0 Å². The van der Waals surface area contributed by atoms with Crippen LogP contribution >= 0.6 is 0 Å². The minimum Gasteiger partial charge on any atom is -0.463 e. The zero-order valence-corrected chi connectivity index (χ0v) is 4.63. The second-order valence-electron chi connectivity index (χ2n) is 1.20. The molecule has 0 aliphatic heterocycles. The lowest BCUT2D eigenvalue weighted by Crippen LogP contribution is -2.31. The second-order valence-corrected chi connectivity index (χ2v) is 1.20. The molecule has 0 unspecified atom stereocenters. The highest BCUT2D eigenvalue weighted by Gasteiger charge is 2.07. The molecule has 0 aromatic carbocycles. The van der Waals surface area contributed by atoms with E-state index in [0.717, 1.165) is 0 Å². The number of nitrogens with two attached hydrogens (primary N) is 1. The Morgan fingerprint density at radius 2 is 2.50 bits per heavy atom. The normalized spacial score (nSPS) is 12.9. The number of rotatable bonds is 2. The molecule has 0 heterocycles. The third kappa shape index (κ3) is 2.54. The van der Waals surface area contributed by atoms with Gasteiger partial charge < -0.3 is 9.84 Å². The smallest absolute Gasteiger partial charge is 0.350 e. The Kier molecular flexibility index (Phi) is 3.14. The van der Waals surface area contributed by atoms with Gasteiger partial charge in [-0.3, -0.25) is 5.73 Å². The second kappa shape index (κ2) is 3.40. The van der Waals surface area contributed by atoms with Gasteiger partial charge in [0.1, 0.15) is 0 Å². The summed E-state index contributed by atoms with van der Waals surface area (Å²) in [5.74, 6) is -0.785. The van der Waals surface area contributed by atoms with Crippen LogP contribution in [0.25, 0.3) is 0 Å². The molecule has 0 spiro atoms. The van der Waals surface area contributed by atoms with Gasteiger partial charge in [0.25, 0.3) is 0 Å². The number of hydrogen-bond donors (Lipinski definition) is 2. The van der Waals surface area contributed by atoms with Crippen LogP contribution in [0.1, 0.15) is 6.92 Å². The number of carbonyl (C=O) groups is 1. The number of carbonyl (C=O) groups excluding carboxylic acids is 1. The van der Waals surface area contributed by atoms with Crippen LogP contribution in [-0.4, -0.2) is 23.9 Å². The molecule has 4 heteroatoms. The van der Waals surface area contributed by atoms with E-state index in [0.29, 0.717) is 0 Å². The van der Waals surface area contributed by atoms with Gasteiger partial charge in [-0.2, -0.15) is 0 Å². The van der Waals surface area contributed by atoms with Crippen LogP contribution in [0.15, 0.2) is 0 Å². The molecule has 48 valence electrons. The van der Waals surface area contributed by atoms with Crippen molar-refractivity contribution in [1.29, 1.82) is 0 Å². The average Bonchev–Trinajstić information content (AvgIpc) is 1.67. The van der Waals surface area contributed by atoms with Crippen molar-refractivity contribution in [3.63, 3.8) is 0 Å². The first-order valence-electron chi connectivity index (χ1n) is 2.28. The van der Waals surface area contributed by atoms with Gasteiger partial charge in [-0.15, -0.1) is 0 Å². The lowest BCUT2D eigenvalue weighted by Gasteiger charge is -2.01. The van der Waals surface area contributed by atoms with Crippen LogP contribution in [0.5, 0.6) is 0 Å². The SMILES string of the molecule is CCOC(=O)[C@@H](N)O. The molecule has 0 rings (SSSR count). The first kappa shape index (κ1) is 7.39. The summed E-state index contributed by atoms with van der Waals surface area (Å²) >= 11 is 0. The van der Waals surface area contributed by atoms with E-state index >= 15 is 0 Å². The van der Waals surface area contributed by atoms with Gasteiger partial charge >= 0.3 is 5.97 Å². The molecule has 0 bridgehead atoms. The topological polar surface area (TPSA) is 72.5 Å². The predicted molar refractivity (Wildman–Crippen MR) is 26.8 cm³/mol. The number of hydrogen-bond acceptors (Lipinski definition) is 4. The summed E-state index contributed by atoms with van der Waals surface area (Å²) in [7, 11) is 0. The van der Waals surface area contributed by atoms with E-state index in [1.807, 2.05) is 0 Å². The minimum absolute atomic E-state index is 0.243. The fourth-order valence-corrected chi connectivity index (χ4v) is 0.228. The molecule has 0 fully saturated rings. The number of aliphatic hydroxyl groups is 1. The molecule has 3 N–H and O–H groups in total. The Morgan fingerprint density at radius 1 is 2.00 bits per heavy atom. The van der Waals surface area contributed by atoms with Crippen molar-refractivity contribution in [2.45, 2.75) is 13.2 Å². The van der Waals surface area contributed by atoms with Crippen LogP contribution in [0, 0.1) is 0 Å². The number of aliphatic hydroxyl groups excluding tert-OH is 1. The summed E-state index contributed by atoms with van der Waals surface area (Å²) in [4.78, 5) is 10.1. The zero-order valence-electron chi connectivity index (χ0n) is 4.63. The fraction of sp³-hybridized carbons (Fsp3) is 0.750. The Hall–Kier alpha value is -0.610. The molecule has 0 amide bonds. The molecule has 0 aliphatic rings. The first-order chi connectivity index (χ1) is 3.68. The zero-order chi connectivity index (χ0) is 6.57. The Morgan fingerprint density at radius 3 is 2.62 bits per heavy atom. The fourth-order valence-electron chi connectivity index (χ4n) is 0.228. The first-order valence-corrected chi connectivity index (χ1v) is 2.28. The average molecular weight is 119 g/mol. The summed E-state index contributed by atoms with van der Waals surface area (Å²) in [5, 5.41) is 8.26. The quantitative estimate of drug-likeness (QED) is 0.355. The van der Waals surface area contributed by atoms with Gasteiger partial charge in [-0.1, -0.05) is 0 Å². The van der Waals surface area contributed by atoms with Crippen molar-refractivity contribution >= 4 is 5.97 Å². The molecule has 1 atom stereocenters. The molecule has 4 nitrogen and oxygen atoms in total. The van der Waals surface area contributed by atoms with E-state index < -0.39 is 12.2 Å². The van der Waals surface area contributed by atoms with Crippen LogP contribution in [-0.2, 0) is 9.53 Å². The summed E-state index contributed by atoms with van der Waals surface area (Å²) in [6, 6.07) is 0. The summed E-state index contributed by atoms with van der Waals surface area (Å²) in [5.41, 5.74) is 4.70. The monoisotopic (exact) mass is 119 g/mol. The molecule has 0 aromatic rings. The van der Waals surface area contributed by atoms with Crippen molar-refractivity contribution in [1.82, 2.24) is 0 Å². The third-order valence-corrected chi connectivity index (χ3v) is 0.528. The molecule has 0 radical (unpaired) electrons. The van der Waals surface area contributed by atoms with E-state index in [2.05, 4.69) is 4.74 Å². The van der Waals surface area contributed by atoms with Gasteiger partial charge in [0.2, 0.25) is 6.23 Å². The van der Waals surface area contributed by atoms with Crippen molar-refractivity contribution in [3.05, 3.63) is 0 Å². The number of ether oxygens (including phenoxy) is 1. The van der Waals surface area contributed by atoms with Crippen LogP contribution in [0.3, 0.4) is 0 Å². The van der Waals surface area contributed by atoms with Crippen molar-refractivity contribution in [3.8, 4) is 0 Å². The standard InChI is InChI=1S/C4H9NO3/c1-2-8-4(7)3(5)6/h3,6H,2,5H2,1H3/t3-/m0/s1. The van der Waals surface area contributed by atoms with Crippen molar-refractivity contribution < 1.29 is 14.6 Å². The van der Waals surface area contributed by atoms with E-state index in [1.165, 1.54) is 0 Å². The van der Waals surface area contributed by atoms with Crippen LogP contribution in [0.4, 0.5) is 0 Å². The molecule has 0 aromatic heterocycles. The minimum atomic E-state index is -1.49. The largest absolute Gasteiger partial charge is 0.463 e. The van der Waals surface area contributed by atoms with E-state index in [9.17, 15) is 4.79 Å².